The largest absolute Gasteiger partial charge is 0.497 e. The van der Waals surface area contributed by atoms with Crippen LogP contribution in [0.2, 0.25) is 0 Å². The Balaban J connectivity index is 1.79. The van der Waals surface area contributed by atoms with E-state index in [0.29, 0.717) is 6.04 Å². The van der Waals surface area contributed by atoms with Gasteiger partial charge < -0.3 is 15.2 Å². The SMILES string of the molecule is COc1ccc(CCC2CCC(C(=O)O)N2)cc1. The van der Waals surface area contributed by atoms with Gasteiger partial charge in [-0.2, -0.15) is 0 Å². The van der Waals surface area contributed by atoms with Gasteiger partial charge in [0.15, 0.2) is 0 Å². The van der Waals surface area contributed by atoms with Crippen molar-refractivity contribution in [3.8, 4) is 5.75 Å². The van der Waals surface area contributed by atoms with Crippen molar-refractivity contribution in [1.29, 1.82) is 0 Å². The third kappa shape index (κ3) is 3.23. The van der Waals surface area contributed by atoms with Gasteiger partial charge in [0.05, 0.1) is 7.11 Å². The first-order chi connectivity index (χ1) is 8.69. The number of nitrogens with one attached hydrogen (secondary N) is 1. The predicted octanol–water partition coefficient (Wildman–Crippen LogP) is 1.83. The molecule has 2 rings (SSSR count). The summed E-state index contributed by atoms with van der Waals surface area (Å²) >= 11 is 0. The number of ether oxygens (including phenoxy) is 1. The smallest absolute Gasteiger partial charge is 0.320 e. The molecule has 0 bridgehead atoms. The van der Waals surface area contributed by atoms with Gasteiger partial charge in [-0.05, 0) is 43.4 Å². The third-order valence-electron chi connectivity index (χ3n) is 3.48. The lowest BCUT2D eigenvalue weighted by molar-refractivity contribution is -0.139. The van der Waals surface area contributed by atoms with Gasteiger partial charge in [-0.3, -0.25) is 4.79 Å². The number of aliphatic carboxylic acids is 1. The number of hydrogen-bond donors (Lipinski definition) is 2. The molecular weight excluding hydrogens is 230 g/mol. The van der Waals surface area contributed by atoms with Crippen LogP contribution in [0.15, 0.2) is 24.3 Å². The number of methoxy groups -OCH3 is 1. The number of carbonyl (C=O) groups is 1. The average molecular weight is 249 g/mol. The van der Waals surface area contributed by atoms with E-state index in [1.807, 2.05) is 12.1 Å². The molecule has 2 atom stereocenters. The van der Waals surface area contributed by atoms with Gasteiger partial charge in [0.1, 0.15) is 11.8 Å². The second-order valence-corrected chi connectivity index (χ2v) is 4.72. The van der Waals surface area contributed by atoms with Crippen molar-refractivity contribution in [2.24, 2.45) is 0 Å². The molecule has 1 saturated heterocycles. The minimum absolute atomic E-state index is 0.327. The molecule has 0 aliphatic carbocycles. The Kier molecular flexibility index (Phi) is 4.20. The van der Waals surface area contributed by atoms with E-state index in [4.69, 9.17) is 9.84 Å². The fourth-order valence-electron chi connectivity index (χ4n) is 2.37. The first-order valence-corrected chi connectivity index (χ1v) is 6.31. The van der Waals surface area contributed by atoms with Crippen molar-refractivity contribution >= 4 is 5.97 Å². The molecule has 4 heteroatoms. The van der Waals surface area contributed by atoms with Crippen molar-refractivity contribution in [2.45, 2.75) is 37.8 Å². The maximum Gasteiger partial charge on any atom is 0.320 e. The van der Waals surface area contributed by atoms with E-state index in [1.54, 1.807) is 7.11 Å². The van der Waals surface area contributed by atoms with E-state index in [2.05, 4.69) is 17.4 Å². The van der Waals surface area contributed by atoms with E-state index >= 15 is 0 Å². The Bertz CT molecular complexity index is 402. The molecule has 1 aromatic rings. The van der Waals surface area contributed by atoms with E-state index in [1.165, 1.54) is 5.56 Å². The van der Waals surface area contributed by atoms with Gasteiger partial charge in [0.25, 0.3) is 0 Å². The summed E-state index contributed by atoms with van der Waals surface area (Å²) in [7, 11) is 1.66. The van der Waals surface area contributed by atoms with Crippen molar-refractivity contribution in [3.05, 3.63) is 29.8 Å². The van der Waals surface area contributed by atoms with Crippen molar-refractivity contribution in [1.82, 2.24) is 5.32 Å². The van der Waals surface area contributed by atoms with Crippen LogP contribution in [0.25, 0.3) is 0 Å². The van der Waals surface area contributed by atoms with Gasteiger partial charge >= 0.3 is 5.97 Å². The molecule has 0 amide bonds. The molecule has 0 radical (unpaired) electrons. The average Bonchev–Trinajstić information content (AvgIpc) is 2.86. The predicted molar refractivity (Wildman–Crippen MR) is 68.9 cm³/mol. The molecule has 0 saturated carbocycles. The molecular formula is C14H19NO3. The Labute approximate surface area is 107 Å². The van der Waals surface area contributed by atoms with Crippen LogP contribution >= 0.6 is 0 Å². The number of carboxylic acid groups (broad SMARTS) is 1. The standard InChI is InChI=1S/C14H19NO3/c1-18-12-7-3-10(4-8-12)2-5-11-6-9-13(15-11)14(16)17/h3-4,7-8,11,13,15H,2,5-6,9H2,1H3,(H,16,17). The summed E-state index contributed by atoms with van der Waals surface area (Å²) in [6, 6.07) is 8.00. The third-order valence-corrected chi connectivity index (χ3v) is 3.48. The summed E-state index contributed by atoms with van der Waals surface area (Å²) < 4.78 is 5.11. The van der Waals surface area contributed by atoms with Crippen LogP contribution in [-0.2, 0) is 11.2 Å². The first kappa shape index (κ1) is 12.9. The molecule has 1 fully saturated rings. The zero-order chi connectivity index (χ0) is 13.0. The molecule has 1 aliphatic heterocycles. The first-order valence-electron chi connectivity index (χ1n) is 6.31. The quantitative estimate of drug-likeness (QED) is 0.836. The van der Waals surface area contributed by atoms with Crippen molar-refractivity contribution in [3.63, 3.8) is 0 Å². The molecule has 4 nitrogen and oxygen atoms in total. The molecule has 98 valence electrons. The number of aryl methyl sites for hydroxylation is 1. The molecule has 1 heterocycles. The Hall–Kier alpha value is -1.55. The second-order valence-electron chi connectivity index (χ2n) is 4.72. The summed E-state index contributed by atoms with van der Waals surface area (Å²) in [4.78, 5) is 10.8. The van der Waals surface area contributed by atoms with Crippen LogP contribution in [0.1, 0.15) is 24.8 Å². The second kappa shape index (κ2) is 5.87. The molecule has 1 aromatic carbocycles. The van der Waals surface area contributed by atoms with Gasteiger partial charge in [-0.25, -0.2) is 0 Å². The maximum atomic E-state index is 10.8. The van der Waals surface area contributed by atoms with E-state index in [9.17, 15) is 4.79 Å². The summed E-state index contributed by atoms with van der Waals surface area (Å²) in [5, 5.41) is 12.1. The fourth-order valence-corrected chi connectivity index (χ4v) is 2.37. The van der Waals surface area contributed by atoms with Crippen molar-refractivity contribution in [2.75, 3.05) is 7.11 Å². The van der Waals surface area contributed by atoms with Gasteiger partial charge in [0.2, 0.25) is 0 Å². The van der Waals surface area contributed by atoms with E-state index < -0.39 is 5.97 Å². The number of rotatable bonds is 5. The monoisotopic (exact) mass is 249 g/mol. The summed E-state index contributed by atoms with van der Waals surface area (Å²) in [6.45, 7) is 0. The summed E-state index contributed by atoms with van der Waals surface area (Å²) in [5.41, 5.74) is 1.26. The highest BCUT2D eigenvalue weighted by Gasteiger charge is 2.28. The van der Waals surface area contributed by atoms with Crippen LogP contribution in [-0.4, -0.2) is 30.3 Å². The lowest BCUT2D eigenvalue weighted by atomic mass is 10.0. The number of carboxylic acids is 1. The maximum absolute atomic E-state index is 10.8. The van der Waals surface area contributed by atoms with Crippen LogP contribution in [0.4, 0.5) is 0 Å². The van der Waals surface area contributed by atoms with E-state index in [-0.39, 0.29) is 6.04 Å². The van der Waals surface area contributed by atoms with Crippen LogP contribution in [0.3, 0.4) is 0 Å². The van der Waals surface area contributed by atoms with Crippen LogP contribution in [0, 0.1) is 0 Å². The highest BCUT2D eigenvalue weighted by Crippen LogP contribution is 2.18. The molecule has 0 aromatic heterocycles. The minimum atomic E-state index is -0.734. The molecule has 2 unspecified atom stereocenters. The van der Waals surface area contributed by atoms with Gasteiger partial charge in [-0.1, -0.05) is 12.1 Å². The lowest BCUT2D eigenvalue weighted by Gasteiger charge is -2.11. The van der Waals surface area contributed by atoms with Crippen LogP contribution in [0.5, 0.6) is 5.75 Å². The zero-order valence-electron chi connectivity index (χ0n) is 10.6. The zero-order valence-corrected chi connectivity index (χ0v) is 10.6. The van der Waals surface area contributed by atoms with Gasteiger partial charge in [0, 0.05) is 6.04 Å². The molecule has 0 spiro atoms. The summed E-state index contributed by atoms with van der Waals surface area (Å²) in [6.07, 6.45) is 3.64. The summed E-state index contributed by atoms with van der Waals surface area (Å²) in [5.74, 6) is 0.130. The van der Waals surface area contributed by atoms with Crippen LogP contribution < -0.4 is 10.1 Å². The number of benzene rings is 1. The van der Waals surface area contributed by atoms with E-state index in [0.717, 1.165) is 31.4 Å². The Morgan fingerprint density at radius 1 is 1.39 bits per heavy atom. The molecule has 2 N–H and O–H groups in total. The molecule has 18 heavy (non-hydrogen) atoms. The Morgan fingerprint density at radius 3 is 2.67 bits per heavy atom. The highest BCUT2D eigenvalue weighted by molar-refractivity contribution is 5.73. The Morgan fingerprint density at radius 2 is 2.11 bits per heavy atom. The topological polar surface area (TPSA) is 58.6 Å². The fraction of sp³-hybridized carbons (Fsp3) is 0.500. The van der Waals surface area contributed by atoms with Crippen molar-refractivity contribution < 1.29 is 14.6 Å². The normalized spacial score (nSPS) is 22.9. The number of hydrogen-bond acceptors (Lipinski definition) is 3. The van der Waals surface area contributed by atoms with Gasteiger partial charge in [-0.15, -0.1) is 0 Å². The lowest BCUT2D eigenvalue weighted by Crippen LogP contribution is -2.35. The highest BCUT2D eigenvalue weighted by atomic mass is 16.5. The molecule has 1 aliphatic rings. The minimum Gasteiger partial charge on any atom is -0.497 e.